The van der Waals surface area contributed by atoms with Gasteiger partial charge in [-0.05, 0) is 53.5 Å². The molecule has 0 radical (unpaired) electrons. The predicted octanol–water partition coefficient (Wildman–Crippen LogP) is 3.12. The topological polar surface area (TPSA) is 12.0 Å². The van der Waals surface area contributed by atoms with E-state index in [-0.39, 0.29) is 5.54 Å². The van der Waals surface area contributed by atoms with Crippen molar-refractivity contribution >= 4 is 0 Å². The van der Waals surface area contributed by atoms with E-state index in [4.69, 9.17) is 0 Å². The first kappa shape index (κ1) is 11.7. The van der Waals surface area contributed by atoms with E-state index in [1.165, 1.54) is 24.8 Å². The lowest BCUT2D eigenvalue weighted by atomic mass is 10.1. The monoisotopic (exact) mass is 169 g/mol. The van der Waals surface area contributed by atoms with Crippen molar-refractivity contribution in [1.82, 2.24) is 5.32 Å². The van der Waals surface area contributed by atoms with E-state index >= 15 is 0 Å². The second-order valence-electron chi connectivity index (χ2n) is 4.59. The summed E-state index contributed by atoms with van der Waals surface area (Å²) in [6.45, 7) is 13.7. The van der Waals surface area contributed by atoms with Crippen LogP contribution in [0.4, 0.5) is 0 Å². The van der Waals surface area contributed by atoms with Crippen LogP contribution in [0, 0.1) is 0 Å². The highest BCUT2D eigenvalue weighted by atomic mass is 14.9. The Morgan fingerprint density at radius 1 is 1.25 bits per heavy atom. The molecule has 0 bridgehead atoms. The Morgan fingerprint density at radius 3 is 2.25 bits per heavy atom. The summed E-state index contributed by atoms with van der Waals surface area (Å²) < 4.78 is 0. The minimum Gasteiger partial charge on any atom is -0.312 e. The molecule has 0 atom stereocenters. The van der Waals surface area contributed by atoms with E-state index in [1.54, 1.807) is 0 Å². The summed E-state index contributed by atoms with van der Waals surface area (Å²) in [5.74, 6) is 0. The second kappa shape index (κ2) is 5.36. The zero-order chi connectivity index (χ0) is 9.61. The van der Waals surface area contributed by atoms with E-state index < -0.39 is 0 Å². The van der Waals surface area contributed by atoms with Gasteiger partial charge in [-0.1, -0.05) is 5.57 Å². The number of hydrogen-bond acceptors (Lipinski definition) is 1. The summed E-state index contributed by atoms with van der Waals surface area (Å²) in [5.41, 5.74) is 1.56. The molecule has 1 nitrogen and oxygen atoms in total. The quantitative estimate of drug-likeness (QED) is 0.492. The molecule has 0 aromatic heterocycles. The SMILES string of the molecule is C=C(C)CCCCNC(C)(C)C. The number of rotatable bonds is 5. The van der Waals surface area contributed by atoms with E-state index in [2.05, 4.69) is 39.6 Å². The fourth-order valence-corrected chi connectivity index (χ4v) is 1.02. The summed E-state index contributed by atoms with van der Waals surface area (Å²) >= 11 is 0. The van der Waals surface area contributed by atoms with Gasteiger partial charge >= 0.3 is 0 Å². The average Bonchev–Trinajstić information content (AvgIpc) is 1.83. The molecule has 0 rings (SSSR count). The van der Waals surface area contributed by atoms with Crippen LogP contribution in [0.15, 0.2) is 12.2 Å². The van der Waals surface area contributed by atoms with E-state index in [0.29, 0.717) is 0 Å². The molecule has 0 saturated heterocycles. The summed E-state index contributed by atoms with van der Waals surface area (Å²) in [7, 11) is 0. The second-order valence-corrected chi connectivity index (χ2v) is 4.59. The maximum Gasteiger partial charge on any atom is 0.00965 e. The molecule has 0 aromatic carbocycles. The molecule has 0 fully saturated rings. The van der Waals surface area contributed by atoms with Crippen LogP contribution in [0.2, 0.25) is 0 Å². The number of unbranched alkanes of at least 4 members (excludes halogenated alkanes) is 1. The molecule has 0 amide bonds. The fourth-order valence-electron chi connectivity index (χ4n) is 1.02. The highest BCUT2D eigenvalue weighted by Gasteiger charge is 2.06. The third-order valence-electron chi connectivity index (χ3n) is 1.69. The summed E-state index contributed by atoms with van der Waals surface area (Å²) in [4.78, 5) is 0. The molecular formula is C11H23N. The lowest BCUT2D eigenvalue weighted by Crippen LogP contribution is -2.36. The number of nitrogens with one attached hydrogen (secondary N) is 1. The first-order chi connectivity index (χ1) is 5.42. The summed E-state index contributed by atoms with van der Waals surface area (Å²) in [6, 6.07) is 0. The van der Waals surface area contributed by atoms with Crippen LogP contribution in [0.25, 0.3) is 0 Å². The van der Waals surface area contributed by atoms with Crippen LogP contribution in [0.5, 0.6) is 0 Å². The van der Waals surface area contributed by atoms with Crippen molar-refractivity contribution in [1.29, 1.82) is 0 Å². The minimum absolute atomic E-state index is 0.267. The van der Waals surface area contributed by atoms with Gasteiger partial charge in [0.2, 0.25) is 0 Å². The molecule has 0 saturated carbocycles. The Morgan fingerprint density at radius 2 is 1.83 bits per heavy atom. The molecule has 0 aliphatic heterocycles. The largest absolute Gasteiger partial charge is 0.312 e. The normalized spacial score (nSPS) is 11.7. The standard InChI is InChI=1S/C11H23N/c1-10(2)8-6-7-9-12-11(3,4)5/h12H,1,6-9H2,2-5H3. The lowest BCUT2D eigenvalue weighted by molar-refractivity contribution is 0.419. The van der Waals surface area contributed by atoms with Gasteiger partial charge < -0.3 is 5.32 Å². The molecule has 1 N–H and O–H groups in total. The number of allylic oxidation sites excluding steroid dienone is 1. The van der Waals surface area contributed by atoms with Crippen molar-refractivity contribution in [2.75, 3.05) is 6.54 Å². The molecule has 1 heteroatoms. The van der Waals surface area contributed by atoms with Crippen molar-refractivity contribution in [3.8, 4) is 0 Å². The van der Waals surface area contributed by atoms with Crippen LogP contribution >= 0.6 is 0 Å². The molecular weight excluding hydrogens is 146 g/mol. The van der Waals surface area contributed by atoms with Crippen LogP contribution in [-0.4, -0.2) is 12.1 Å². The van der Waals surface area contributed by atoms with Crippen LogP contribution in [-0.2, 0) is 0 Å². The summed E-state index contributed by atoms with van der Waals surface area (Å²) in [5, 5.41) is 3.47. The third-order valence-corrected chi connectivity index (χ3v) is 1.69. The van der Waals surface area contributed by atoms with Crippen molar-refractivity contribution in [3.05, 3.63) is 12.2 Å². The van der Waals surface area contributed by atoms with Crippen LogP contribution in [0.3, 0.4) is 0 Å². The van der Waals surface area contributed by atoms with E-state index in [1.807, 2.05) is 0 Å². The van der Waals surface area contributed by atoms with Crippen LogP contribution in [0.1, 0.15) is 47.0 Å². The van der Waals surface area contributed by atoms with Crippen molar-refractivity contribution in [2.45, 2.75) is 52.5 Å². The Labute approximate surface area is 77.2 Å². The number of hydrogen-bond donors (Lipinski definition) is 1. The molecule has 12 heavy (non-hydrogen) atoms. The van der Waals surface area contributed by atoms with Gasteiger partial charge in [0, 0.05) is 5.54 Å². The van der Waals surface area contributed by atoms with Gasteiger partial charge in [-0.2, -0.15) is 0 Å². The van der Waals surface area contributed by atoms with Gasteiger partial charge in [-0.25, -0.2) is 0 Å². The highest BCUT2D eigenvalue weighted by Crippen LogP contribution is 2.04. The molecule has 0 aliphatic carbocycles. The van der Waals surface area contributed by atoms with Crippen molar-refractivity contribution in [2.24, 2.45) is 0 Å². The van der Waals surface area contributed by atoms with E-state index in [0.717, 1.165) is 6.54 Å². The molecule has 0 spiro atoms. The maximum absolute atomic E-state index is 3.88. The van der Waals surface area contributed by atoms with Gasteiger partial charge in [0.05, 0.1) is 0 Å². The molecule has 0 unspecified atom stereocenters. The third kappa shape index (κ3) is 9.70. The van der Waals surface area contributed by atoms with Gasteiger partial charge in [0.25, 0.3) is 0 Å². The lowest BCUT2D eigenvalue weighted by Gasteiger charge is -2.20. The Kier molecular flexibility index (Phi) is 5.23. The molecule has 72 valence electrons. The Bertz CT molecular complexity index is 130. The first-order valence-corrected chi connectivity index (χ1v) is 4.81. The zero-order valence-electron chi connectivity index (χ0n) is 9.04. The van der Waals surface area contributed by atoms with Gasteiger partial charge in [0.15, 0.2) is 0 Å². The highest BCUT2D eigenvalue weighted by molar-refractivity contribution is 4.87. The van der Waals surface area contributed by atoms with Gasteiger partial charge in [-0.3, -0.25) is 0 Å². The van der Waals surface area contributed by atoms with Crippen molar-refractivity contribution < 1.29 is 0 Å². The van der Waals surface area contributed by atoms with Gasteiger partial charge in [-0.15, -0.1) is 6.58 Å². The maximum atomic E-state index is 3.88. The summed E-state index contributed by atoms with van der Waals surface area (Å²) in [6.07, 6.45) is 3.69. The Hall–Kier alpha value is -0.300. The minimum atomic E-state index is 0.267. The Balaban J connectivity index is 3.17. The zero-order valence-corrected chi connectivity index (χ0v) is 9.04. The average molecular weight is 169 g/mol. The molecule has 0 aromatic rings. The molecule has 0 aliphatic rings. The first-order valence-electron chi connectivity index (χ1n) is 4.81. The van der Waals surface area contributed by atoms with Crippen molar-refractivity contribution in [3.63, 3.8) is 0 Å². The van der Waals surface area contributed by atoms with E-state index in [9.17, 15) is 0 Å². The van der Waals surface area contributed by atoms with Gasteiger partial charge in [0.1, 0.15) is 0 Å². The molecule has 0 heterocycles. The predicted molar refractivity (Wildman–Crippen MR) is 56.4 cm³/mol. The smallest absolute Gasteiger partial charge is 0.00965 e. The van der Waals surface area contributed by atoms with Crippen LogP contribution < -0.4 is 5.32 Å². The fraction of sp³-hybridized carbons (Fsp3) is 0.818.